The molecule has 4 heteroatoms. The lowest BCUT2D eigenvalue weighted by Gasteiger charge is -2.34. The summed E-state index contributed by atoms with van der Waals surface area (Å²) in [5, 5.41) is 0. The van der Waals surface area contributed by atoms with Crippen LogP contribution < -0.4 is 4.90 Å². The van der Waals surface area contributed by atoms with Gasteiger partial charge in [0.25, 0.3) is 0 Å². The number of carbonyl (C=O) groups excluding carboxylic acids is 2. The van der Waals surface area contributed by atoms with Crippen LogP contribution in [0.4, 0.5) is 11.4 Å². The lowest BCUT2D eigenvalue weighted by molar-refractivity contribution is 0.0979. The molecule has 6 rings (SSSR count). The molecule has 0 amide bonds. The first-order valence-electron chi connectivity index (χ1n) is 14.4. The highest BCUT2D eigenvalue weighted by molar-refractivity contribution is 6.28. The number of hydrogen-bond acceptors (Lipinski definition) is 4. The maximum absolute atomic E-state index is 13.6. The van der Waals surface area contributed by atoms with Gasteiger partial charge in [-0.25, -0.2) is 0 Å². The minimum atomic E-state index is -0.110. The van der Waals surface area contributed by atoms with Crippen molar-refractivity contribution in [1.29, 1.82) is 0 Å². The molecule has 0 spiro atoms. The van der Waals surface area contributed by atoms with E-state index in [1.54, 1.807) is 18.2 Å². The first-order valence-corrected chi connectivity index (χ1v) is 14.4. The average molecular weight is 530 g/mol. The number of anilines is 2. The van der Waals surface area contributed by atoms with Crippen LogP contribution in [0.2, 0.25) is 0 Å². The van der Waals surface area contributed by atoms with Crippen molar-refractivity contribution in [1.82, 2.24) is 0 Å². The quantitative estimate of drug-likeness (QED) is 0.234. The first kappa shape index (κ1) is 26.1. The van der Waals surface area contributed by atoms with E-state index in [1.165, 1.54) is 27.8 Å². The number of rotatable bonds is 6. The number of benzene rings is 3. The van der Waals surface area contributed by atoms with Gasteiger partial charge in [-0.3, -0.25) is 9.59 Å². The molecule has 0 atom stereocenters. The van der Waals surface area contributed by atoms with E-state index in [4.69, 9.17) is 4.74 Å². The fourth-order valence-corrected chi connectivity index (χ4v) is 6.06. The Morgan fingerprint density at radius 2 is 1.57 bits per heavy atom. The summed E-state index contributed by atoms with van der Waals surface area (Å²) < 4.78 is 6.22. The topological polar surface area (TPSA) is 46.6 Å². The Hall–Kier alpha value is -4.18. The van der Waals surface area contributed by atoms with Crippen molar-refractivity contribution in [3.05, 3.63) is 123 Å². The minimum absolute atomic E-state index is 0.102. The summed E-state index contributed by atoms with van der Waals surface area (Å²) in [6.07, 6.45) is 7.38. The molecule has 1 heterocycles. The number of carbonyl (C=O) groups is 2. The molecule has 1 aliphatic heterocycles. The largest absolute Gasteiger partial charge is 0.494 e. The smallest absolute Gasteiger partial charge is 0.194 e. The number of ketones is 2. The minimum Gasteiger partial charge on any atom is -0.494 e. The van der Waals surface area contributed by atoms with Gasteiger partial charge in [0, 0.05) is 45.3 Å². The highest BCUT2D eigenvalue weighted by Gasteiger charge is 2.34. The summed E-state index contributed by atoms with van der Waals surface area (Å²) in [6.45, 7) is 11.4. The number of fused-ring (bicyclic) bond motifs is 3. The van der Waals surface area contributed by atoms with E-state index in [-0.39, 0.29) is 11.6 Å². The van der Waals surface area contributed by atoms with Gasteiger partial charge >= 0.3 is 0 Å². The molecule has 1 saturated carbocycles. The fraction of sp³-hybridized carbons (Fsp3) is 0.278. The highest BCUT2D eigenvalue weighted by Crippen LogP contribution is 2.51. The third-order valence-corrected chi connectivity index (χ3v) is 8.06. The molecule has 3 aromatic carbocycles. The number of nitrogens with zero attached hydrogens (tertiary/aromatic N) is 1. The summed E-state index contributed by atoms with van der Waals surface area (Å²) in [5.74, 6) is 1.07. The van der Waals surface area contributed by atoms with E-state index in [9.17, 15) is 9.59 Å². The Morgan fingerprint density at radius 1 is 0.900 bits per heavy atom. The SMILES string of the molecule is CC/C=C(/OCC)C1=CN(c2ccc3c(c2)C(=O)c2ccccc2C3=O)c2cc(C)c(C(C)C)cc2C1=C1CC1. The molecule has 2 aliphatic carbocycles. The standard InChI is InChI=1S/C36H35NO3/c1-6-10-33(40-7-2)31-20-37(32-17-22(5)28(21(3)4)19-30(32)34(31)23-13-14-23)24-15-16-27-29(18-24)36(39)26-12-9-8-11-25(26)35(27)38/h8-12,15-21H,6-7,13-14H2,1-5H3/b33-10+. The van der Waals surface area contributed by atoms with Crippen molar-refractivity contribution in [2.75, 3.05) is 11.5 Å². The normalized spacial score (nSPS) is 16.1. The highest BCUT2D eigenvalue weighted by atomic mass is 16.5. The van der Waals surface area contributed by atoms with Crippen LogP contribution in [0.1, 0.15) is 101 Å². The Morgan fingerprint density at radius 3 is 2.20 bits per heavy atom. The van der Waals surface area contributed by atoms with Gasteiger partial charge in [-0.15, -0.1) is 0 Å². The molecule has 0 aromatic heterocycles. The van der Waals surface area contributed by atoms with Crippen LogP contribution >= 0.6 is 0 Å². The second kappa shape index (κ2) is 10.1. The van der Waals surface area contributed by atoms with Gasteiger partial charge in [-0.05, 0) is 92.1 Å². The average Bonchev–Trinajstić information content (AvgIpc) is 3.79. The van der Waals surface area contributed by atoms with Gasteiger partial charge in [0.2, 0.25) is 0 Å². The van der Waals surface area contributed by atoms with E-state index in [2.05, 4.69) is 57.0 Å². The number of allylic oxidation sites excluding steroid dienone is 3. The maximum atomic E-state index is 13.6. The summed E-state index contributed by atoms with van der Waals surface area (Å²) in [7, 11) is 0. The van der Waals surface area contributed by atoms with Crippen LogP contribution in [-0.4, -0.2) is 18.2 Å². The van der Waals surface area contributed by atoms with Crippen LogP contribution in [-0.2, 0) is 4.74 Å². The maximum Gasteiger partial charge on any atom is 0.194 e. The van der Waals surface area contributed by atoms with Crippen LogP contribution in [0.3, 0.4) is 0 Å². The van der Waals surface area contributed by atoms with Crippen molar-refractivity contribution >= 4 is 28.5 Å². The van der Waals surface area contributed by atoms with Gasteiger partial charge in [-0.1, -0.05) is 50.6 Å². The number of ether oxygens (including phenoxy) is 1. The second-order valence-corrected chi connectivity index (χ2v) is 11.1. The molecule has 0 saturated heterocycles. The van der Waals surface area contributed by atoms with Crippen LogP contribution in [0.25, 0.3) is 5.57 Å². The third-order valence-electron chi connectivity index (χ3n) is 8.06. The molecular weight excluding hydrogens is 494 g/mol. The first-order chi connectivity index (χ1) is 19.3. The van der Waals surface area contributed by atoms with Crippen molar-refractivity contribution in [3.63, 3.8) is 0 Å². The van der Waals surface area contributed by atoms with Crippen molar-refractivity contribution in [2.45, 2.75) is 59.8 Å². The van der Waals surface area contributed by atoms with Gasteiger partial charge < -0.3 is 9.64 Å². The van der Waals surface area contributed by atoms with Crippen molar-refractivity contribution in [3.8, 4) is 0 Å². The second-order valence-electron chi connectivity index (χ2n) is 11.1. The summed E-state index contributed by atoms with van der Waals surface area (Å²) >= 11 is 0. The number of hydrogen-bond donors (Lipinski definition) is 0. The Kier molecular flexibility index (Phi) is 6.58. The monoisotopic (exact) mass is 529 g/mol. The van der Waals surface area contributed by atoms with Crippen molar-refractivity contribution in [2.24, 2.45) is 0 Å². The van der Waals surface area contributed by atoms with E-state index < -0.39 is 0 Å². The Labute approximate surface area is 236 Å². The molecule has 4 nitrogen and oxygen atoms in total. The van der Waals surface area contributed by atoms with E-state index in [1.807, 2.05) is 31.2 Å². The Bertz CT molecular complexity index is 1660. The molecule has 202 valence electrons. The molecule has 3 aromatic rings. The van der Waals surface area contributed by atoms with E-state index >= 15 is 0 Å². The molecular formula is C36H35NO3. The van der Waals surface area contributed by atoms with E-state index in [0.29, 0.717) is 34.8 Å². The van der Waals surface area contributed by atoms with Crippen LogP contribution in [0.15, 0.2) is 83.8 Å². The Balaban J connectivity index is 1.58. The molecule has 0 radical (unpaired) electrons. The zero-order valence-corrected chi connectivity index (χ0v) is 23.9. The number of aryl methyl sites for hydroxylation is 1. The lowest BCUT2D eigenvalue weighted by atomic mass is 9.83. The van der Waals surface area contributed by atoms with Crippen LogP contribution in [0.5, 0.6) is 0 Å². The fourth-order valence-electron chi connectivity index (χ4n) is 6.06. The zero-order valence-electron chi connectivity index (χ0n) is 23.9. The third kappa shape index (κ3) is 4.23. The molecule has 0 N–H and O–H groups in total. The zero-order chi connectivity index (χ0) is 28.1. The molecule has 40 heavy (non-hydrogen) atoms. The summed E-state index contributed by atoms with van der Waals surface area (Å²) in [4.78, 5) is 29.0. The summed E-state index contributed by atoms with van der Waals surface area (Å²) in [6, 6.07) is 17.4. The van der Waals surface area contributed by atoms with Gasteiger partial charge in [0.1, 0.15) is 5.76 Å². The van der Waals surface area contributed by atoms with Gasteiger partial charge in [-0.2, -0.15) is 0 Å². The predicted octanol–water partition coefficient (Wildman–Crippen LogP) is 8.81. The lowest BCUT2D eigenvalue weighted by Crippen LogP contribution is -2.23. The molecule has 3 aliphatic rings. The van der Waals surface area contributed by atoms with Gasteiger partial charge in [0.15, 0.2) is 11.6 Å². The summed E-state index contributed by atoms with van der Waals surface area (Å²) in [5.41, 5.74) is 11.4. The van der Waals surface area contributed by atoms with Crippen LogP contribution in [0, 0.1) is 6.92 Å². The molecule has 1 fully saturated rings. The molecule has 0 unspecified atom stereocenters. The predicted molar refractivity (Wildman–Crippen MR) is 161 cm³/mol. The van der Waals surface area contributed by atoms with E-state index in [0.717, 1.165) is 42.0 Å². The van der Waals surface area contributed by atoms with Gasteiger partial charge in [0.05, 0.1) is 12.3 Å². The van der Waals surface area contributed by atoms with Crippen molar-refractivity contribution < 1.29 is 14.3 Å². The molecule has 0 bridgehead atoms.